The van der Waals surface area contributed by atoms with E-state index in [-0.39, 0.29) is 24.0 Å². The number of halogens is 1. The predicted octanol–water partition coefficient (Wildman–Crippen LogP) is 2.09. The third-order valence-corrected chi connectivity index (χ3v) is 4.47. The van der Waals surface area contributed by atoms with Crippen LogP contribution in [0.15, 0.2) is 4.99 Å². The number of aliphatic imine (C=N–C) groups is 1. The van der Waals surface area contributed by atoms with Gasteiger partial charge in [-0.2, -0.15) is 0 Å². The lowest BCUT2D eigenvalue weighted by molar-refractivity contribution is -0.0679. The molecule has 1 aliphatic carbocycles. The second-order valence-corrected chi connectivity index (χ2v) is 7.17. The van der Waals surface area contributed by atoms with Gasteiger partial charge in [0.2, 0.25) is 0 Å². The molecule has 0 spiro atoms. The summed E-state index contributed by atoms with van der Waals surface area (Å²) in [6, 6.07) is 0. The number of guanidine groups is 1. The first-order valence-corrected chi connectivity index (χ1v) is 9.57. The zero-order valence-corrected chi connectivity index (χ0v) is 18.5. The average Bonchev–Trinajstić information content (AvgIpc) is 3.36. The maximum atomic E-state index is 5.77. The van der Waals surface area contributed by atoms with E-state index in [1.807, 2.05) is 7.05 Å². The van der Waals surface area contributed by atoms with Crippen molar-refractivity contribution < 1.29 is 9.47 Å². The molecule has 0 radical (unpaired) electrons. The van der Waals surface area contributed by atoms with Crippen molar-refractivity contribution >= 4 is 29.9 Å². The third-order valence-electron chi connectivity index (χ3n) is 4.47. The van der Waals surface area contributed by atoms with Crippen LogP contribution in [0.25, 0.3) is 0 Å². The lowest BCUT2D eigenvalue weighted by atomic mass is 10.2. The fraction of sp³-hybridized carbons (Fsp3) is 0.944. The fourth-order valence-corrected chi connectivity index (χ4v) is 3.11. The molecule has 6 nitrogen and oxygen atoms in total. The van der Waals surface area contributed by atoms with Crippen LogP contribution in [-0.2, 0) is 9.47 Å². The van der Waals surface area contributed by atoms with E-state index in [4.69, 9.17) is 9.47 Å². The molecular weight excluding hydrogens is 431 g/mol. The van der Waals surface area contributed by atoms with Crippen LogP contribution in [0.3, 0.4) is 0 Å². The van der Waals surface area contributed by atoms with Crippen LogP contribution in [0.2, 0.25) is 0 Å². The van der Waals surface area contributed by atoms with Gasteiger partial charge in [-0.3, -0.25) is 9.89 Å². The molecular formula is C18H37IN4O2. The number of nitrogens with one attached hydrogen (secondary N) is 2. The van der Waals surface area contributed by atoms with Crippen LogP contribution >= 0.6 is 24.0 Å². The summed E-state index contributed by atoms with van der Waals surface area (Å²) in [5.41, 5.74) is 0. The van der Waals surface area contributed by atoms with E-state index in [0.29, 0.717) is 12.2 Å². The zero-order valence-electron chi connectivity index (χ0n) is 16.1. The smallest absolute Gasteiger partial charge is 0.190 e. The number of hydrogen-bond donors (Lipinski definition) is 2. The van der Waals surface area contributed by atoms with Gasteiger partial charge in [0.1, 0.15) is 0 Å². The summed E-state index contributed by atoms with van der Waals surface area (Å²) in [4.78, 5) is 6.77. The third kappa shape index (κ3) is 10.6. The summed E-state index contributed by atoms with van der Waals surface area (Å²) in [7, 11) is 1.82. The molecule has 0 aromatic carbocycles. The first kappa shape index (κ1) is 22.9. The van der Waals surface area contributed by atoms with Crippen molar-refractivity contribution in [3.05, 3.63) is 0 Å². The van der Waals surface area contributed by atoms with E-state index >= 15 is 0 Å². The Kier molecular flexibility index (Phi) is 12.0. The van der Waals surface area contributed by atoms with Crippen molar-refractivity contribution in [1.29, 1.82) is 0 Å². The molecule has 7 heteroatoms. The van der Waals surface area contributed by atoms with Crippen molar-refractivity contribution in [1.82, 2.24) is 15.5 Å². The summed E-state index contributed by atoms with van der Waals surface area (Å²) in [5.74, 6) is 1.74. The highest BCUT2D eigenvalue weighted by Gasteiger charge is 2.21. The van der Waals surface area contributed by atoms with Crippen LogP contribution in [0.5, 0.6) is 0 Å². The molecule has 2 atom stereocenters. The number of morpholine rings is 1. The van der Waals surface area contributed by atoms with E-state index in [0.717, 1.165) is 70.7 Å². The summed E-state index contributed by atoms with van der Waals surface area (Å²) in [6.07, 6.45) is 5.55. The van der Waals surface area contributed by atoms with Crippen molar-refractivity contribution in [3.8, 4) is 0 Å². The van der Waals surface area contributed by atoms with E-state index in [2.05, 4.69) is 34.4 Å². The Bertz CT molecular complexity index is 370. The maximum absolute atomic E-state index is 5.77. The molecule has 0 aromatic rings. The Balaban J connectivity index is 0.00000312. The second-order valence-electron chi connectivity index (χ2n) is 7.17. The number of nitrogens with zero attached hydrogens (tertiary/aromatic N) is 2. The molecule has 0 bridgehead atoms. The van der Waals surface area contributed by atoms with Gasteiger partial charge in [-0.05, 0) is 45.4 Å². The number of ether oxygens (including phenoxy) is 2. The lowest BCUT2D eigenvalue weighted by Crippen LogP contribution is -2.46. The molecule has 0 aromatic heterocycles. The SMILES string of the molecule is CN=C(NCCCOCC1CC1)NCCCN1CC(C)OC(C)C1.I. The molecule has 1 heterocycles. The Morgan fingerprint density at radius 3 is 2.36 bits per heavy atom. The molecule has 148 valence electrons. The van der Waals surface area contributed by atoms with Crippen molar-refractivity contribution in [2.24, 2.45) is 10.9 Å². The van der Waals surface area contributed by atoms with E-state index in [1.165, 1.54) is 12.8 Å². The van der Waals surface area contributed by atoms with Gasteiger partial charge in [-0.15, -0.1) is 24.0 Å². The standard InChI is InChI=1S/C18H36N4O2.HI/c1-15-12-22(13-16(2)24-15)10-4-8-20-18(19-3)21-9-5-11-23-14-17-6-7-17;/h15-17H,4-14H2,1-3H3,(H2,19,20,21);1H. The minimum Gasteiger partial charge on any atom is -0.381 e. The van der Waals surface area contributed by atoms with Gasteiger partial charge >= 0.3 is 0 Å². The zero-order chi connectivity index (χ0) is 17.2. The van der Waals surface area contributed by atoms with Gasteiger partial charge in [-0.25, -0.2) is 0 Å². The predicted molar refractivity (Wildman–Crippen MR) is 114 cm³/mol. The van der Waals surface area contributed by atoms with E-state index in [1.54, 1.807) is 0 Å². The van der Waals surface area contributed by atoms with Gasteiger partial charge in [0.15, 0.2) is 5.96 Å². The summed E-state index contributed by atoms with van der Waals surface area (Å²) in [6.45, 7) is 11.1. The molecule has 0 amide bonds. The molecule has 25 heavy (non-hydrogen) atoms. The normalized spacial score (nSPS) is 24.7. The van der Waals surface area contributed by atoms with Gasteiger partial charge in [0.05, 0.1) is 12.2 Å². The Labute approximate surface area is 170 Å². The largest absolute Gasteiger partial charge is 0.381 e. The summed E-state index contributed by atoms with van der Waals surface area (Å²) < 4.78 is 11.4. The van der Waals surface area contributed by atoms with Gasteiger partial charge in [-0.1, -0.05) is 0 Å². The molecule has 2 rings (SSSR count). The van der Waals surface area contributed by atoms with Gasteiger partial charge < -0.3 is 20.1 Å². The van der Waals surface area contributed by atoms with Crippen molar-refractivity contribution in [3.63, 3.8) is 0 Å². The van der Waals surface area contributed by atoms with Crippen LogP contribution < -0.4 is 10.6 Å². The molecule has 2 fully saturated rings. The van der Waals surface area contributed by atoms with Gasteiger partial charge in [0, 0.05) is 53.0 Å². The molecule has 2 N–H and O–H groups in total. The van der Waals surface area contributed by atoms with E-state index in [9.17, 15) is 0 Å². The van der Waals surface area contributed by atoms with Crippen LogP contribution in [0, 0.1) is 5.92 Å². The van der Waals surface area contributed by atoms with Crippen LogP contribution in [0.1, 0.15) is 39.5 Å². The lowest BCUT2D eigenvalue weighted by Gasteiger charge is -2.35. The van der Waals surface area contributed by atoms with Crippen LogP contribution in [0.4, 0.5) is 0 Å². The minimum atomic E-state index is 0. The Hall–Kier alpha value is -0.120. The first-order valence-electron chi connectivity index (χ1n) is 9.57. The van der Waals surface area contributed by atoms with Crippen molar-refractivity contribution in [2.75, 3.05) is 53.0 Å². The minimum absolute atomic E-state index is 0. The topological polar surface area (TPSA) is 58.1 Å². The molecule has 2 unspecified atom stereocenters. The Morgan fingerprint density at radius 1 is 1.12 bits per heavy atom. The van der Waals surface area contributed by atoms with Crippen LogP contribution in [-0.4, -0.2) is 76.1 Å². The molecule has 1 saturated carbocycles. The van der Waals surface area contributed by atoms with Crippen molar-refractivity contribution in [2.45, 2.75) is 51.7 Å². The second kappa shape index (κ2) is 13.1. The summed E-state index contributed by atoms with van der Waals surface area (Å²) in [5, 5.41) is 6.74. The van der Waals surface area contributed by atoms with Gasteiger partial charge in [0.25, 0.3) is 0 Å². The highest BCUT2D eigenvalue weighted by molar-refractivity contribution is 14.0. The Morgan fingerprint density at radius 2 is 1.76 bits per heavy atom. The number of rotatable bonds is 10. The quantitative estimate of drug-likeness (QED) is 0.223. The molecule has 1 aliphatic heterocycles. The highest BCUT2D eigenvalue weighted by Crippen LogP contribution is 2.28. The first-order chi connectivity index (χ1) is 11.7. The maximum Gasteiger partial charge on any atom is 0.190 e. The average molecular weight is 468 g/mol. The number of hydrogen-bond acceptors (Lipinski definition) is 4. The fourth-order valence-electron chi connectivity index (χ4n) is 3.11. The monoisotopic (exact) mass is 468 g/mol. The van der Waals surface area contributed by atoms with E-state index < -0.39 is 0 Å². The molecule has 2 aliphatic rings. The highest BCUT2D eigenvalue weighted by atomic mass is 127. The molecule has 1 saturated heterocycles. The summed E-state index contributed by atoms with van der Waals surface area (Å²) >= 11 is 0.